The maximum Gasteiger partial charge on any atom is 0.401 e. The smallest absolute Gasteiger partial charge is 0.309 e. The summed E-state index contributed by atoms with van der Waals surface area (Å²) in [4.78, 5) is 14.5. The summed E-state index contributed by atoms with van der Waals surface area (Å²) in [5.41, 5.74) is 0.776. The van der Waals surface area contributed by atoms with Crippen molar-refractivity contribution in [2.24, 2.45) is 0 Å². The number of nitrogens with one attached hydrogen (secondary N) is 1. The number of rotatable bonds is 3. The Morgan fingerprint density at radius 1 is 1.37 bits per heavy atom. The Morgan fingerprint density at radius 2 is 2.11 bits per heavy atom. The lowest BCUT2D eigenvalue weighted by Crippen LogP contribution is -2.43. The van der Waals surface area contributed by atoms with Crippen LogP contribution in [0.1, 0.15) is 0 Å². The Hall–Kier alpha value is -1.21. The van der Waals surface area contributed by atoms with Gasteiger partial charge in [0.1, 0.15) is 0 Å². The predicted octanol–water partition coefficient (Wildman–Crippen LogP) is 2.28. The average Bonchev–Trinajstić information content (AvgIpc) is 2.36. The minimum absolute atomic E-state index is 0.307. The molecule has 0 radical (unpaired) electrons. The number of anilines is 1. The number of para-hydroxylation sites is 1. The Morgan fingerprint density at radius 3 is 2.84 bits per heavy atom. The number of benzene rings is 1. The van der Waals surface area contributed by atoms with Crippen molar-refractivity contribution in [2.75, 3.05) is 30.3 Å². The third kappa shape index (κ3) is 3.87. The number of hydrogen-bond acceptors (Lipinski definition) is 3. The molecule has 1 heterocycles. The Kier molecular flexibility index (Phi) is 4.36. The van der Waals surface area contributed by atoms with Crippen molar-refractivity contribution >= 4 is 23.4 Å². The molecule has 2 rings (SSSR count). The number of fused-ring (bicyclic) bond motifs is 1. The molecule has 0 aliphatic carbocycles. The first kappa shape index (κ1) is 14.2. The number of alkyl halides is 3. The van der Waals surface area contributed by atoms with Gasteiger partial charge in [0.15, 0.2) is 0 Å². The van der Waals surface area contributed by atoms with Crippen molar-refractivity contribution in [3.8, 4) is 0 Å². The van der Waals surface area contributed by atoms with Gasteiger partial charge in [-0.3, -0.25) is 4.79 Å². The van der Waals surface area contributed by atoms with Gasteiger partial charge in [0, 0.05) is 17.2 Å². The minimum Gasteiger partial charge on any atom is -0.309 e. The molecule has 1 aliphatic heterocycles. The van der Waals surface area contributed by atoms with E-state index < -0.39 is 12.7 Å². The highest BCUT2D eigenvalue weighted by Gasteiger charge is 2.28. The van der Waals surface area contributed by atoms with E-state index >= 15 is 0 Å². The van der Waals surface area contributed by atoms with Gasteiger partial charge < -0.3 is 10.2 Å². The van der Waals surface area contributed by atoms with Gasteiger partial charge in [-0.1, -0.05) is 12.1 Å². The van der Waals surface area contributed by atoms with Crippen LogP contribution < -0.4 is 10.2 Å². The maximum absolute atomic E-state index is 12.0. The van der Waals surface area contributed by atoms with Crippen molar-refractivity contribution in [1.82, 2.24) is 5.32 Å². The molecule has 0 spiro atoms. The van der Waals surface area contributed by atoms with Gasteiger partial charge in [0.2, 0.25) is 5.91 Å². The van der Waals surface area contributed by atoms with Crippen molar-refractivity contribution in [3.63, 3.8) is 0 Å². The van der Waals surface area contributed by atoms with Crippen LogP contribution in [0.5, 0.6) is 0 Å². The third-order valence-electron chi connectivity index (χ3n) is 2.63. The van der Waals surface area contributed by atoms with Crippen LogP contribution in [0, 0.1) is 0 Å². The van der Waals surface area contributed by atoms with E-state index in [4.69, 9.17) is 0 Å². The summed E-state index contributed by atoms with van der Waals surface area (Å²) in [7, 11) is 0. The molecule has 1 amide bonds. The molecule has 0 unspecified atom stereocenters. The van der Waals surface area contributed by atoms with E-state index in [0.29, 0.717) is 6.54 Å². The fraction of sp³-hybridized carbons (Fsp3) is 0.417. The molecule has 0 bridgehead atoms. The van der Waals surface area contributed by atoms with E-state index in [1.54, 1.807) is 11.8 Å². The van der Waals surface area contributed by atoms with Gasteiger partial charge in [0.25, 0.3) is 0 Å². The topological polar surface area (TPSA) is 32.3 Å². The molecule has 0 fully saturated rings. The zero-order chi connectivity index (χ0) is 13.9. The van der Waals surface area contributed by atoms with Gasteiger partial charge >= 0.3 is 6.18 Å². The molecule has 0 saturated heterocycles. The molecular weight excluding hydrogens is 277 g/mol. The van der Waals surface area contributed by atoms with E-state index in [2.05, 4.69) is 5.32 Å². The minimum atomic E-state index is -4.30. The van der Waals surface area contributed by atoms with E-state index in [9.17, 15) is 18.0 Å². The molecule has 1 aliphatic rings. The normalized spacial score (nSPS) is 15.2. The molecule has 1 N–H and O–H groups in total. The van der Waals surface area contributed by atoms with Gasteiger partial charge in [-0.2, -0.15) is 13.2 Å². The fourth-order valence-corrected chi connectivity index (χ4v) is 2.83. The summed E-state index contributed by atoms with van der Waals surface area (Å²) in [6, 6.07) is 7.40. The van der Waals surface area contributed by atoms with Crippen LogP contribution in [0.2, 0.25) is 0 Å². The predicted molar refractivity (Wildman–Crippen MR) is 68.4 cm³/mol. The molecule has 19 heavy (non-hydrogen) atoms. The first-order valence-corrected chi connectivity index (χ1v) is 6.75. The second-order valence-electron chi connectivity index (χ2n) is 4.08. The number of nitrogens with zero attached hydrogens (tertiary/aromatic N) is 1. The highest BCUT2D eigenvalue weighted by Crippen LogP contribution is 2.34. The summed E-state index contributed by atoms with van der Waals surface area (Å²) < 4.78 is 36.0. The summed E-state index contributed by atoms with van der Waals surface area (Å²) in [5, 5.41) is 2.13. The lowest BCUT2D eigenvalue weighted by Gasteiger charge is -2.29. The van der Waals surface area contributed by atoms with Crippen molar-refractivity contribution in [2.45, 2.75) is 11.1 Å². The SMILES string of the molecule is O=C(CNCC(F)(F)F)N1CCSc2ccccc21. The zero-order valence-corrected chi connectivity index (χ0v) is 10.9. The molecule has 1 aromatic rings. The van der Waals surface area contributed by atoms with Crippen molar-refractivity contribution in [1.29, 1.82) is 0 Å². The Bertz CT molecular complexity index is 465. The van der Waals surface area contributed by atoms with Crippen LogP contribution >= 0.6 is 11.8 Å². The molecule has 0 atom stereocenters. The highest BCUT2D eigenvalue weighted by atomic mass is 32.2. The molecule has 7 heteroatoms. The van der Waals surface area contributed by atoms with E-state index in [1.165, 1.54) is 4.90 Å². The number of amides is 1. The number of carbonyl (C=O) groups is 1. The van der Waals surface area contributed by atoms with Gasteiger partial charge in [-0.15, -0.1) is 11.8 Å². The maximum atomic E-state index is 12.0. The lowest BCUT2D eigenvalue weighted by atomic mass is 10.2. The summed E-state index contributed by atoms with van der Waals surface area (Å²) >= 11 is 1.64. The largest absolute Gasteiger partial charge is 0.401 e. The van der Waals surface area contributed by atoms with Crippen LogP contribution in [0.15, 0.2) is 29.2 Å². The summed E-state index contributed by atoms with van der Waals surface area (Å²) in [5.74, 6) is 0.416. The molecule has 3 nitrogen and oxygen atoms in total. The summed E-state index contributed by atoms with van der Waals surface area (Å²) in [6.45, 7) is -0.935. The summed E-state index contributed by atoms with van der Waals surface area (Å²) in [6.07, 6.45) is -4.30. The van der Waals surface area contributed by atoms with Crippen LogP contribution in [-0.2, 0) is 4.79 Å². The van der Waals surface area contributed by atoms with Gasteiger partial charge in [0.05, 0.1) is 18.8 Å². The molecule has 1 aromatic carbocycles. The Balaban J connectivity index is 1.97. The Labute approximate surface area is 113 Å². The van der Waals surface area contributed by atoms with E-state index in [0.717, 1.165) is 16.3 Å². The third-order valence-corrected chi connectivity index (χ3v) is 3.67. The molecular formula is C12H13F3N2OS. The van der Waals surface area contributed by atoms with Crippen LogP contribution in [0.3, 0.4) is 0 Å². The highest BCUT2D eigenvalue weighted by molar-refractivity contribution is 7.99. The van der Waals surface area contributed by atoms with Crippen molar-refractivity contribution < 1.29 is 18.0 Å². The van der Waals surface area contributed by atoms with Crippen LogP contribution in [0.25, 0.3) is 0 Å². The van der Waals surface area contributed by atoms with Crippen LogP contribution in [0.4, 0.5) is 18.9 Å². The lowest BCUT2D eigenvalue weighted by molar-refractivity contribution is -0.127. The molecule has 104 valence electrons. The molecule has 0 saturated carbocycles. The average molecular weight is 290 g/mol. The fourth-order valence-electron chi connectivity index (χ4n) is 1.84. The zero-order valence-electron chi connectivity index (χ0n) is 10.0. The number of halogens is 3. The first-order chi connectivity index (χ1) is 8.97. The van der Waals surface area contributed by atoms with E-state index in [-0.39, 0.29) is 12.5 Å². The van der Waals surface area contributed by atoms with Crippen LogP contribution in [-0.4, -0.2) is 37.5 Å². The second kappa shape index (κ2) is 5.83. The van der Waals surface area contributed by atoms with E-state index in [1.807, 2.05) is 24.3 Å². The standard InChI is InChI=1S/C12H13F3N2OS/c13-12(14,15)8-16-7-11(18)17-5-6-19-10-4-2-1-3-9(10)17/h1-4,16H,5-8H2. The number of carbonyl (C=O) groups excluding carboxylic acids is 1. The monoisotopic (exact) mass is 290 g/mol. The van der Waals surface area contributed by atoms with Gasteiger partial charge in [-0.05, 0) is 12.1 Å². The second-order valence-corrected chi connectivity index (χ2v) is 5.22. The number of hydrogen-bond donors (Lipinski definition) is 1. The molecule has 0 aromatic heterocycles. The van der Waals surface area contributed by atoms with Crippen molar-refractivity contribution in [3.05, 3.63) is 24.3 Å². The first-order valence-electron chi connectivity index (χ1n) is 5.77. The quantitative estimate of drug-likeness (QED) is 0.927. The number of thioether (sulfide) groups is 1. The van der Waals surface area contributed by atoms with Gasteiger partial charge in [-0.25, -0.2) is 0 Å².